The number of hydrogen-bond donors (Lipinski definition) is 0. The molecule has 5 heteroatoms. The number of pyridine rings is 1. The Kier molecular flexibility index (Phi) is 5.30. The highest BCUT2D eigenvalue weighted by Crippen LogP contribution is 2.27. The fourth-order valence-corrected chi connectivity index (χ4v) is 3.85. The van der Waals surface area contributed by atoms with Crippen molar-refractivity contribution in [3.8, 4) is 11.4 Å². The molecule has 0 unspecified atom stereocenters. The number of nitrogens with zero attached hydrogens (tertiary/aromatic N) is 4. The van der Waals surface area contributed by atoms with Gasteiger partial charge in [0.2, 0.25) is 0 Å². The number of hydrogen-bond acceptors (Lipinski definition) is 4. The van der Waals surface area contributed by atoms with Gasteiger partial charge in [-0.2, -0.15) is 0 Å². The van der Waals surface area contributed by atoms with Crippen LogP contribution in [0, 0.1) is 6.92 Å². The van der Waals surface area contributed by atoms with E-state index >= 15 is 0 Å². The van der Waals surface area contributed by atoms with Crippen molar-refractivity contribution in [3.63, 3.8) is 0 Å². The summed E-state index contributed by atoms with van der Waals surface area (Å²) < 4.78 is 2.19. The second-order valence-electron chi connectivity index (χ2n) is 6.39. The van der Waals surface area contributed by atoms with E-state index in [9.17, 15) is 0 Å². The molecule has 0 aliphatic carbocycles. The van der Waals surface area contributed by atoms with Gasteiger partial charge in [-0.3, -0.25) is 9.55 Å². The Hall–Kier alpha value is -2.92. The molecule has 0 aliphatic heterocycles. The van der Waals surface area contributed by atoms with E-state index in [-0.39, 0.29) is 0 Å². The molecule has 0 saturated heterocycles. The van der Waals surface area contributed by atoms with Crippen molar-refractivity contribution < 1.29 is 0 Å². The first-order chi connectivity index (χ1) is 13.3. The minimum atomic E-state index is 0.738. The Balaban J connectivity index is 1.65. The lowest BCUT2D eigenvalue weighted by Crippen LogP contribution is -2.04. The molecule has 2 heterocycles. The van der Waals surface area contributed by atoms with Crippen molar-refractivity contribution in [2.24, 2.45) is 0 Å². The Morgan fingerprint density at radius 2 is 1.63 bits per heavy atom. The van der Waals surface area contributed by atoms with Crippen LogP contribution in [0.15, 0.2) is 84.3 Å². The van der Waals surface area contributed by atoms with Crippen molar-refractivity contribution in [3.05, 3.63) is 95.8 Å². The highest BCUT2D eigenvalue weighted by atomic mass is 32.2. The van der Waals surface area contributed by atoms with Crippen LogP contribution in [0.4, 0.5) is 0 Å². The summed E-state index contributed by atoms with van der Waals surface area (Å²) in [4.78, 5) is 4.11. The van der Waals surface area contributed by atoms with Crippen molar-refractivity contribution >= 4 is 11.8 Å². The van der Waals surface area contributed by atoms with E-state index < -0.39 is 0 Å². The molecule has 4 nitrogen and oxygen atoms in total. The van der Waals surface area contributed by atoms with Crippen LogP contribution in [-0.4, -0.2) is 19.7 Å². The fraction of sp³-hybridized carbons (Fsp3) is 0.136. The third kappa shape index (κ3) is 4.26. The number of aryl methyl sites for hydroxylation is 1. The number of rotatable bonds is 6. The van der Waals surface area contributed by atoms with Crippen LogP contribution in [0.2, 0.25) is 0 Å². The molecule has 4 aromatic rings. The molecule has 2 aromatic carbocycles. The lowest BCUT2D eigenvalue weighted by molar-refractivity contribution is 0.714. The maximum atomic E-state index is 4.48. The average Bonchev–Trinajstić information content (AvgIpc) is 3.10. The van der Waals surface area contributed by atoms with E-state index in [2.05, 4.69) is 75.2 Å². The zero-order chi connectivity index (χ0) is 18.5. The van der Waals surface area contributed by atoms with Gasteiger partial charge in [-0.15, -0.1) is 10.2 Å². The quantitative estimate of drug-likeness (QED) is 0.447. The molecule has 0 amide bonds. The van der Waals surface area contributed by atoms with E-state index in [4.69, 9.17) is 0 Å². The molecule has 0 spiro atoms. The number of benzene rings is 2. The van der Waals surface area contributed by atoms with Crippen molar-refractivity contribution in [2.45, 2.75) is 24.4 Å². The van der Waals surface area contributed by atoms with Crippen LogP contribution in [0.5, 0.6) is 0 Å². The minimum Gasteiger partial charge on any atom is -0.298 e. The maximum Gasteiger partial charge on any atom is 0.192 e. The molecule has 2 aromatic heterocycles. The molecule has 134 valence electrons. The summed E-state index contributed by atoms with van der Waals surface area (Å²) in [6.45, 7) is 2.86. The highest BCUT2D eigenvalue weighted by Gasteiger charge is 2.15. The van der Waals surface area contributed by atoms with Crippen LogP contribution in [0.25, 0.3) is 11.4 Å². The van der Waals surface area contributed by atoms with Crippen LogP contribution in [0.3, 0.4) is 0 Å². The first-order valence-corrected chi connectivity index (χ1v) is 9.84. The van der Waals surface area contributed by atoms with E-state index in [0.29, 0.717) is 0 Å². The molecule has 0 aliphatic rings. The second kappa shape index (κ2) is 8.18. The zero-order valence-electron chi connectivity index (χ0n) is 15.1. The summed E-state index contributed by atoms with van der Waals surface area (Å²) >= 11 is 1.72. The van der Waals surface area contributed by atoms with Gasteiger partial charge >= 0.3 is 0 Å². The summed E-state index contributed by atoms with van der Waals surface area (Å²) in [5, 5.41) is 9.88. The van der Waals surface area contributed by atoms with E-state index in [1.807, 2.05) is 18.2 Å². The van der Waals surface area contributed by atoms with Crippen LogP contribution in [-0.2, 0) is 12.3 Å². The Morgan fingerprint density at radius 3 is 2.41 bits per heavy atom. The molecule has 0 bridgehead atoms. The van der Waals surface area contributed by atoms with Crippen molar-refractivity contribution in [2.75, 3.05) is 0 Å². The van der Waals surface area contributed by atoms with Gasteiger partial charge in [0.05, 0.1) is 6.54 Å². The highest BCUT2D eigenvalue weighted by molar-refractivity contribution is 7.98. The molecule has 4 rings (SSSR count). The van der Waals surface area contributed by atoms with Crippen LogP contribution in [0.1, 0.15) is 16.7 Å². The summed E-state index contributed by atoms with van der Waals surface area (Å²) in [6, 6.07) is 23.0. The Morgan fingerprint density at radius 1 is 0.852 bits per heavy atom. The lowest BCUT2D eigenvalue weighted by Gasteiger charge is -2.10. The average molecular weight is 372 g/mol. The van der Waals surface area contributed by atoms with Gasteiger partial charge in [0.25, 0.3) is 0 Å². The predicted octanol–water partition coefficient (Wildman–Crippen LogP) is 4.99. The zero-order valence-corrected chi connectivity index (χ0v) is 15.9. The van der Waals surface area contributed by atoms with Gasteiger partial charge in [0.15, 0.2) is 11.0 Å². The smallest absolute Gasteiger partial charge is 0.192 e. The maximum absolute atomic E-state index is 4.48. The predicted molar refractivity (Wildman–Crippen MR) is 110 cm³/mol. The van der Waals surface area contributed by atoms with Gasteiger partial charge in [0, 0.05) is 23.7 Å². The topological polar surface area (TPSA) is 43.6 Å². The monoisotopic (exact) mass is 372 g/mol. The van der Waals surface area contributed by atoms with E-state index in [1.54, 1.807) is 24.2 Å². The normalized spacial score (nSPS) is 10.9. The van der Waals surface area contributed by atoms with Gasteiger partial charge in [-0.05, 0) is 30.2 Å². The summed E-state index contributed by atoms with van der Waals surface area (Å²) in [6.07, 6.45) is 3.58. The van der Waals surface area contributed by atoms with E-state index in [1.165, 1.54) is 16.7 Å². The molecular formula is C22H20N4S. The fourth-order valence-electron chi connectivity index (χ4n) is 2.97. The molecule has 0 radical (unpaired) electrons. The molecule has 0 atom stereocenters. The summed E-state index contributed by atoms with van der Waals surface area (Å²) in [5.41, 5.74) is 4.82. The SMILES string of the molecule is Cc1cccc(CSc2nnc(-c3ccncc3)n2Cc2ccccc2)c1. The molecule has 0 fully saturated rings. The van der Waals surface area contributed by atoms with Gasteiger partial charge < -0.3 is 0 Å². The van der Waals surface area contributed by atoms with Gasteiger partial charge in [-0.1, -0.05) is 71.9 Å². The Labute approximate surface area is 163 Å². The summed E-state index contributed by atoms with van der Waals surface area (Å²) in [7, 11) is 0. The summed E-state index contributed by atoms with van der Waals surface area (Å²) in [5.74, 6) is 1.73. The van der Waals surface area contributed by atoms with Crippen molar-refractivity contribution in [1.29, 1.82) is 0 Å². The van der Waals surface area contributed by atoms with Gasteiger partial charge in [0.1, 0.15) is 0 Å². The number of aromatic nitrogens is 4. The first-order valence-electron chi connectivity index (χ1n) is 8.85. The third-order valence-corrected chi connectivity index (χ3v) is 5.33. The second-order valence-corrected chi connectivity index (χ2v) is 7.33. The molecule has 0 N–H and O–H groups in total. The molecule has 0 saturated carbocycles. The number of thioether (sulfide) groups is 1. The molecular weight excluding hydrogens is 352 g/mol. The minimum absolute atomic E-state index is 0.738. The van der Waals surface area contributed by atoms with Crippen molar-refractivity contribution in [1.82, 2.24) is 19.7 Å². The van der Waals surface area contributed by atoms with Gasteiger partial charge in [-0.25, -0.2) is 0 Å². The Bertz CT molecular complexity index is 1010. The van der Waals surface area contributed by atoms with E-state index in [0.717, 1.165) is 28.8 Å². The third-order valence-electron chi connectivity index (χ3n) is 4.29. The standard InChI is InChI=1S/C22H20N4S/c1-17-6-5-9-19(14-17)16-27-22-25-24-21(20-10-12-23-13-11-20)26(22)15-18-7-3-2-4-8-18/h2-14H,15-16H2,1H3. The lowest BCUT2D eigenvalue weighted by atomic mass is 10.2. The first kappa shape index (κ1) is 17.5. The van der Waals surface area contributed by atoms with Crippen LogP contribution >= 0.6 is 11.8 Å². The molecule has 27 heavy (non-hydrogen) atoms. The van der Waals surface area contributed by atoms with Crippen LogP contribution < -0.4 is 0 Å². The largest absolute Gasteiger partial charge is 0.298 e.